The first-order valence-corrected chi connectivity index (χ1v) is 16.3. The Morgan fingerprint density at radius 2 is 1.64 bits per heavy atom. The number of nitrogens with zero attached hydrogens (tertiary/aromatic N) is 4. The molecule has 3 aromatic carbocycles. The second kappa shape index (κ2) is 14.1. The van der Waals surface area contributed by atoms with Crippen LogP contribution < -0.4 is 15.1 Å². The van der Waals surface area contributed by atoms with Gasteiger partial charge in [0.1, 0.15) is 6.04 Å². The van der Waals surface area contributed by atoms with Gasteiger partial charge in [0.25, 0.3) is 5.91 Å². The fourth-order valence-corrected chi connectivity index (χ4v) is 6.54. The lowest BCUT2D eigenvalue weighted by molar-refractivity contribution is -0.124. The van der Waals surface area contributed by atoms with E-state index in [-0.39, 0.29) is 18.2 Å². The fourth-order valence-electron chi connectivity index (χ4n) is 5.36. The summed E-state index contributed by atoms with van der Waals surface area (Å²) in [6.45, 7) is 5.19. The van der Waals surface area contributed by atoms with Gasteiger partial charge in [0.15, 0.2) is 5.11 Å². The lowest BCUT2D eigenvalue weighted by Gasteiger charge is -2.36. The van der Waals surface area contributed by atoms with Gasteiger partial charge >= 0.3 is 0 Å². The van der Waals surface area contributed by atoms with Crippen molar-refractivity contribution >= 4 is 81.2 Å². The molecular weight excluding hydrogens is 609 g/mol. The monoisotopic (exact) mass is 641 g/mol. The van der Waals surface area contributed by atoms with Crippen LogP contribution in [-0.4, -0.2) is 78.3 Å². The van der Waals surface area contributed by atoms with E-state index in [1.54, 1.807) is 40.9 Å². The average Bonchev–Trinajstić information content (AvgIpc) is 3.22. The van der Waals surface area contributed by atoms with Crippen LogP contribution in [-0.2, 0) is 9.59 Å². The van der Waals surface area contributed by atoms with E-state index in [9.17, 15) is 9.59 Å². The highest BCUT2D eigenvalue weighted by molar-refractivity contribution is 7.98. The Hall–Kier alpha value is -2.82. The Morgan fingerprint density at radius 3 is 2.36 bits per heavy atom. The maximum absolute atomic E-state index is 13.8. The minimum Gasteiger partial charge on any atom is -0.369 e. The van der Waals surface area contributed by atoms with Gasteiger partial charge in [-0.15, -0.1) is 11.8 Å². The van der Waals surface area contributed by atoms with Crippen LogP contribution in [0.2, 0.25) is 10.0 Å². The summed E-state index contributed by atoms with van der Waals surface area (Å²) in [5, 5.41) is 4.66. The van der Waals surface area contributed by atoms with Crippen LogP contribution in [0.5, 0.6) is 0 Å². The molecule has 2 heterocycles. The smallest absolute Gasteiger partial charge is 0.256 e. The van der Waals surface area contributed by atoms with Crippen LogP contribution in [0.1, 0.15) is 12.8 Å². The van der Waals surface area contributed by atoms with Crippen LogP contribution in [0, 0.1) is 0 Å². The van der Waals surface area contributed by atoms with E-state index in [0.717, 1.165) is 60.4 Å². The van der Waals surface area contributed by atoms with Gasteiger partial charge in [0.05, 0.1) is 12.1 Å². The third kappa shape index (κ3) is 7.38. The number of thioether (sulfide) groups is 1. The number of hydrogen-bond donors (Lipinski definition) is 1. The number of carbonyl (C=O) groups is 2. The van der Waals surface area contributed by atoms with E-state index in [4.69, 9.17) is 35.4 Å². The Morgan fingerprint density at radius 1 is 0.929 bits per heavy atom. The molecule has 0 aliphatic carbocycles. The topological polar surface area (TPSA) is 59.1 Å². The maximum atomic E-state index is 13.8. The lowest BCUT2D eigenvalue weighted by atomic mass is 10.1. The summed E-state index contributed by atoms with van der Waals surface area (Å²) < 4.78 is 0. The molecule has 220 valence electrons. The highest BCUT2D eigenvalue weighted by atomic mass is 35.5. The van der Waals surface area contributed by atoms with Crippen molar-refractivity contribution in [1.82, 2.24) is 9.80 Å². The number of rotatable bonds is 10. The number of nitrogens with one attached hydrogen (secondary N) is 1. The van der Waals surface area contributed by atoms with Gasteiger partial charge < -0.3 is 15.1 Å². The Bertz CT molecular complexity index is 1430. The maximum Gasteiger partial charge on any atom is 0.256 e. The van der Waals surface area contributed by atoms with Gasteiger partial charge in [-0.05, 0) is 92.1 Å². The molecule has 1 atom stereocenters. The Balaban J connectivity index is 1.24. The van der Waals surface area contributed by atoms with Gasteiger partial charge in [-0.1, -0.05) is 35.3 Å². The zero-order valence-corrected chi connectivity index (χ0v) is 26.5. The van der Waals surface area contributed by atoms with Crippen molar-refractivity contribution in [3.63, 3.8) is 0 Å². The summed E-state index contributed by atoms with van der Waals surface area (Å²) >= 11 is 19.6. The second-order valence-electron chi connectivity index (χ2n) is 10.3. The number of hydrogen-bond acceptors (Lipinski definition) is 6. The molecule has 42 heavy (non-hydrogen) atoms. The van der Waals surface area contributed by atoms with Gasteiger partial charge in [-0.3, -0.25) is 19.4 Å². The van der Waals surface area contributed by atoms with Crippen molar-refractivity contribution < 1.29 is 9.59 Å². The highest BCUT2D eigenvalue weighted by Gasteiger charge is 2.44. The van der Waals surface area contributed by atoms with Gasteiger partial charge in [-0.25, -0.2) is 0 Å². The minimum absolute atomic E-state index is 0.00136. The summed E-state index contributed by atoms with van der Waals surface area (Å²) in [5.74, 6) is -0.431. The van der Waals surface area contributed by atoms with E-state index in [1.165, 1.54) is 0 Å². The Kier molecular flexibility index (Phi) is 10.3. The Labute approximate surface area is 266 Å². The van der Waals surface area contributed by atoms with Crippen molar-refractivity contribution in [3.8, 4) is 0 Å². The SMILES string of the molecule is CSc1cccc(N2C(=O)[C@H](CC(=O)Nc3ccc(Cl)cc3)N(CCCN3CCN(c4cccc(Cl)c4)CC3)C2=S)c1. The van der Waals surface area contributed by atoms with Crippen molar-refractivity contribution in [3.05, 3.63) is 82.8 Å². The van der Waals surface area contributed by atoms with Crippen molar-refractivity contribution in [2.75, 3.05) is 60.6 Å². The summed E-state index contributed by atoms with van der Waals surface area (Å²) in [7, 11) is 0. The largest absolute Gasteiger partial charge is 0.369 e. The molecule has 5 rings (SSSR count). The first kappa shape index (κ1) is 30.6. The highest BCUT2D eigenvalue weighted by Crippen LogP contribution is 2.30. The molecule has 2 aliphatic heterocycles. The van der Waals surface area contributed by atoms with Crippen LogP contribution >= 0.6 is 47.2 Å². The van der Waals surface area contributed by atoms with Gasteiger partial charge in [-0.2, -0.15) is 0 Å². The zero-order chi connectivity index (χ0) is 29.6. The fraction of sp³-hybridized carbons (Fsp3) is 0.323. The van der Waals surface area contributed by atoms with Gasteiger partial charge in [0, 0.05) is 59.0 Å². The van der Waals surface area contributed by atoms with E-state index < -0.39 is 6.04 Å². The summed E-state index contributed by atoms with van der Waals surface area (Å²) in [6, 6.07) is 22.0. The average molecular weight is 643 g/mol. The first-order valence-electron chi connectivity index (χ1n) is 13.9. The van der Waals surface area contributed by atoms with Crippen molar-refractivity contribution in [2.45, 2.75) is 23.8 Å². The number of carbonyl (C=O) groups excluding carboxylic acids is 2. The summed E-state index contributed by atoms with van der Waals surface area (Å²) in [4.78, 5) is 36.2. The molecule has 0 radical (unpaired) electrons. The predicted molar refractivity (Wildman–Crippen MR) is 178 cm³/mol. The number of halogens is 2. The van der Waals surface area contributed by atoms with E-state index in [2.05, 4.69) is 21.2 Å². The van der Waals surface area contributed by atoms with E-state index in [0.29, 0.717) is 22.4 Å². The van der Waals surface area contributed by atoms with Crippen LogP contribution in [0.3, 0.4) is 0 Å². The molecule has 2 aliphatic rings. The molecule has 2 amide bonds. The summed E-state index contributed by atoms with van der Waals surface area (Å²) in [6.07, 6.45) is 2.81. The van der Waals surface area contributed by atoms with Crippen molar-refractivity contribution in [1.29, 1.82) is 0 Å². The third-order valence-electron chi connectivity index (χ3n) is 7.56. The quantitative estimate of drug-likeness (QED) is 0.207. The molecule has 7 nitrogen and oxygen atoms in total. The number of anilines is 3. The lowest BCUT2D eigenvalue weighted by Crippen LogP contribution is -2.47. The normalized spacial score (nSPS) is 17.7. The molecule has 0 spiro atoms. The number of amides is 2. The standard InChI is InChI=1S/C31H33Cl2N5O2S2/c1-42-27-8-3-7-26(20-27)38-30(40)28(21-29(39)34-24-11-9-22(32)10-12-24)37(31(38)41)14-4-13-35-15-17-36(18-16-35)25-6-2-5-23(33)19-25/h2-3,5-12,19-20,28H,4,13-18,21H2,1H3,(H,34,39)/t28-/m0/s1. The van der Waals surface area contributed by atoms with Crippen LogP contribution in [0.15, 0.2) is 77.7 Å². The molecule has 2 saturated heterocycles. The molecule has 0 aromatic heterocycles. The van der Waals surface area contributed by atoms with Crippen LogP contribution in [0.4, 0.5) is 17.1 Å². The molecule has 11 heteroatoms. The molecule has 2 fully saturated rings. The van der Waals surface area contributed by atoms with E-state index in [1.807, 2.05) is 53.6 Å². The van der Waals surface area contributed by atoms with Gasteiger partial charge in [0.2, 0.25) is 5.91 Å². The molecular formula is C31H33Cl2N5O2S2. The number of benzene rings is 3. The molecule has 0 saturated carbocycles. The number of piperazine rings is 1. The molecule has 0 bridgehead atoms. The molecule has 1 N–H and O–H groups in total. The van der Waals surface area contributed by atoms with E-state index >= 15 is 0 Å². The summed E-state index contributed by atoms with van der Waals surface area (Å²) in [5.41, 5.74) is 2.50. The zero-order valence-electron chi connectivity index (χ0n) is 23.3. The minimum atomic E-state index is -0.678. The number of thiocarbonyl (C=S) groups is 1. The molecule has 0 unspecified atom stereocenters. The predicted octanol–water partition coefficient (Wildman–Crippen LogP) is 6.26. The van der Waals surface area contributed by atoms with Crippen molar-refractivity contribution in [2.24, 2.45) is 0 Å². The van der Waals surface area contributed by atoms with Crippen LogP contribution in [0.25, 0.3) is 0 Å². The third-order valence-corrected chi connectivity index (χ3v) is 9.19. The molecule has 3 aromatic rings. The second-order valence-corrected chi connectivity index (χ2v) is 12.4. The first-order chi connectivity index (χ1) is 20.3.